The van der Waals surface area contributed by atoms with Gasteiger partial charge in [-0.15, -0.1) is 0 Å². The summed E-state index contributed by atoms with van der Waals surface area (Å²) >= 11 is 0. The summed E-state index contributed by atoms with van der Waals surface area (Å²) < 4.78 is 2.42. The second-order valence-electron chi connectivity index (χ2n) is 17.1. The molecule has 0 amide bonds. The van der Waals surface area contributed by atoms with E-state index in [0.29, 0.717) is 0 Å². The molecule has 13 rings (SSSR count). The fourth-order valence-corrected chi connectivity index (χ4v) is 10.7. The Morgan fingerprint density at radius 3 is 1.38 bits per heavy atom. The lowest BCUT2D eigenvalue weighted by Gasteiger charge is -2.19. The largest absolute Gasteiger partial charge is 0.309 e. The summed E-state index contributed by atoms with van der Waals surface area (Å²) in [5.41, 5.74) is 13.5. The molecule has 1 heterocycles. The summed E-state index contributed by atoms with van der Waals surface area (Å²) in [6.45, 7) is 0. The maximum atomic E-state index is 2.42. The van der Waals surface area contributed by atoms with E-state index in [0.717, 1.165) is 5.69 Å². The van der Waals surface area contributed by atoms with Crippen molar-refractivity contribution in [2.45, 2.75) is 0 Å². The molecule has 0 aliphatic heterocycles. The summed E-state index contributed by atoms with van der Waals surface area (Å²) in [5.74, 6) is 0. The minimum absolute atomic E-state index is 1.16. The van der Waals surface area contributed by atoms with Crippen molar-refractivity contribution in [3.05, 3.63) is 248 Å². The Balaban J connectivity index is 0.967. The number of hydrogen-bond acceptors (Lipinski definition) is 0. The Labute approximate surface area is 377 Å². The first-order valence-electron chi connectivity index (χ1n) is 22.5. The Bertz CT molecular complexity index is 3990. The number of hydrogen-bond donors (Lipinski definition) is 0. The summed E-state index contributed by atoms with van der Waals surface area (Å²) in [5, 5.41) is 15.0. The molecule has 1 nitrogen and oxygen atoms in total. The van der Waals surface area contributed by atoms with Gasteiger partial charge in [0, 0.05) is 16.5 Å². The zero-order valence-corrected chi connectivity index (χ0v) is 35.6. The van der Waals surface area contributed by atoms with Crippen molar-refractivity contribution in [3.63, 3.8) is 0 Å². The van der Waals surface area contributed by atoms with Gasteiger partial charge in [-0.3, -0.25) is 0 Å². The SMILES string of the molecule is C(=Cc1ccc(-c2c3ccccc3c(-c3ccc4c5ccccc5n(-c5ccccc5)c4c3)c3ccccc23)c2ccccc12)c1ccc(-c2cccc3ccccc23)c2ccccc12. The van der Waals surface area contributed by atoms with Crippen molar-refractivity contribution in [1.82, 2.24) is 4.57 Å². The second-order valence-corrected chi connectivity index (χ2v) is 17.1. The number of benzene rings is 12. The molecule has 1 heteroatoms. The topological polar surface area (TPSA) is 4.93 Å². The molecule has 0 radical (unpaired) electrons. The van der Waals surface area contributed by atoms with Crippen LogP contribution in [0.15, 0.2) is 237 Å². The monoisotopic (exact) mass is 823 g/mol. The predicted molar refractivity (Wildman–Crippen MR) is 280 cm³/mol. The molecule has 0 aliphatic rings. The molecule has 302 valence electrons. The average Bonchev–Trinajstić information content (AvgIpc) is 3.71. The Kier molecular flexibility index (Phi) is 8.60. The van der Waals surface area contributed by atoms with Crippen LogP contribution in [0.5, 0.6) is 0 Å². The zero-order valence-electron chi connectivity index (χ0n) is 35.6. The van der Waals surface area contributed by atoms with E-state index in [4.69, 9.17) is 0 Å². The van der Waals surface area contributed by atoms with Gasteiger partial charge < -0.3 is 4.57 Å². The molecule has 0 saturated heterocycles. The highest BCUT2D eigenvalue weighted by molar-refractivity contribution is 6.24. The number of nitrogens with zero attached hydrogens (tertiary/aromatic N) is 1. The number of fused-ring (bicyclic) bond motifs is 8. The molecule has 1 aromatic heterocycles. The van der Waals surface area contributed by atoms with Crippen LogP contribution < -0.4 is 0 Å². The van der Waals surface area contributed by atoms with Crippen molar-refractivity contribution >= 4 is 87.8 Å². The number of para-hydroxylation sites is 2. The van der Waals surface area contributed by atoms with Gasteiger partial charge in [-0.05, 0) is 123 Å². The lowest BCUT2D eigenvalue weighted by atomic mass is 9.84. The predicted octanol–water partition coefficient (Wildman–Crippen LogP) is 17.7. The smallest absolute Gasteiger partial charge is 0.0547 e. The summed E-state index contributed by atoms with van der Waals surface area (Å²) in [7, 11) is 0. The molecule has 12 aromatic carbocycles. The van der Waals surface area contributed by atoms with Crippen LogP contribution in [0.1, 0.15) is 11.1 Å². The molecule has 0 N–H and O–H groups in total. The molecule has 13 aromatic rings. The van der Waals surface area contributed by atoms with Crippen molar-refractivity contribution < 1.29 is 0 Å². The molecule has 0 spiro atoms. The van der Waals surface area contributed by atoms with Gasteiger partial charge >= 0.3 is 0 Å². The first-order chi connectivity index (χ1) is 32.3. The number of aromatic nitrogens is 1. The van der Waals surface area contributed by atoms with Crippen LogP contribution in [0.3, 0.4) is 0 Å². The van der Waals surface area contributed by atoms with Crippen molar-refractivity contribution in [2.75, 3.05) is 0 Å². The third-order valence-electron chi connectivity index (χ3n) is 13.6. The highest BCUT2D eigenvalue weighted by Crippen LogP contribution is 2.47. The molecular formula is C64H41N. The highest BCUT2D eigenvalue weighted by Gasteiger charge is 2.20. The molecule has 65 heavy (non-hydrogen) atoms. The van der Waals surface area contributed by atoms with Crippen LogP contribution in [0.2, 0.25) is 0 Å². The summed E-state index contributed by atoms with van der Waals surface area (Å²) in [6.07, 6.45) is 4.60. The van der Waals surface area contributed by atoms with Crippen LogP contribution in [-0.4, -0.2) is 4.57 Å². The van der Waals surface area contributed by atoms with Crippen LogP contribution in [0.4, 0.5) is 0 Å². The third-order valence-corrected chi connectivity index (χ3v) is 13.6. The van der Waals surface area contributed by atoms with E-state index in [9.17, 15) is 0 Å². The normalized spacial score (nSPS) is 11.9. The third kappa shape index (κ3) is 5.94. The molecule has 0 unspecified atom stereocenters. The van der Waals surface area contributed by atoms with Crippen LogP contribution in [0, 0.1) is 0 Å². The molecule has 0 fully saturated rings. The van der Waals surface area contributed by atoms with Gasteiger partial charge in [0.1, 0.15) is 0 Å². The van der Waals surface area contributed by atoms with Gasteiger partial charge in [0.05, 0.1) is 11.0 Å². The number of rotatable bonds is 6. The van der Waals surface area contributed by atoms with Crippen LogP contribution in [-0.2, 0) is 0 Å². The summed E-state index contributed by atoms with van der Waals surface area (Å²) in [6, 6.07) is 86.9. The van der Waals surface area contributed by atoms with Gasteiger partial charge in [0.2, 0.25) is 0 Å². The van der Waals surface area contributed by atoms with Gasteiger partial charge in [-0.1, -0.05) is 224 Å². The van der Waals surface area contributed by atoms with Gasteiger partial charge in [-0.2, -0.15) is 0 Å². The molecule has 0 aliphatic carbocycles. The fourth-order valence-electron chi connectivity index (χ4n) is 10.7. The van der Waals surface area contributed by atoms with E-state index >= 15 is 0 Å². The maximum absolute atomic E-state index is 2.42. The molecule has 0 atom stereocenters. The van der Waals surface area contributed by atoms with E-state index < -0.39 is 0 Å². The van der Waals surface area contributed by atoms with Gasteiger partial charge in [-0.25, -0.2) is 0 Å². The zero-order chi connectivity index (χ0) is 42.8. The van der Waals surface area contributed by atoms with E-state index in [2.05, 4.69) is 253 Å². The Morgan fingerprint density at radius 2 is 0.723 bits per heavy atom. The van der Waals surface area contributed by atoms with E-state index in [1.807, 2.05) is 0 Å². The quantitative estimate of drug-likeness (QED) is 0.116. The second kappa shape index (κ2) is 15.1. The van der Waals surface area contributed by atoms with Crippen LogP contribution >= 0.6 is 0 Å². The Hall–Kier alpha value is -8.52. The lowest BCUT2D eigenvalue weighted by Crippen LogP contribution is -1.94. The standard InChI is InChI=1S/C64H41N/c1-2-19-46(20-3-1)65-61-32-15-14-26-54(61)55-39-37-45(41-62(55)65)63-56-27-10-12-29-58(56)64(59-30-13-11-28-57(59)63)60-40-36-44(49-23-7-9-25-52(49)60)34-33-43-35-38-53(50-24-8-6-22-48(43)50)51-31-16-18-42-17-4-5-21-47(42)51/h1-41H. The lowest BCUT2D eigenvalue weighted by molar-refractivity contribution is 1.18. The van der Waals surface area contributed by atoms with Crippen LogP contribution in [0.25, 0.3) is 127 Å². The first-order valence-corrected chi connectivity index (χ1v) is 22.5. The van der Waals surface area contributed by atoms with E-state index in [1.54, 1.807) is 0 Å². The minimum Gasteiger partial charge on any atom is -0.309 e. The van der Waals surface area contributed by atoms with Crippen molar-refractivity contribution in [3.8, 4) is 39.1 Å². The molecule has 0 bridgehead atoms. The van der Waals surface area contributed by atoms with Crippen molar-refractivity contribution in [2.24, 2.45) is 0 Å². The van der Waals surface area contributed by atoms with E-state index in [1.165, 1.54) is 120 Å². The van der Waals surface area contributed by atoms with Gasteiger partial charge in [0.15, 0.2) is 0 Å². The first kappa shape index (κ1) is 37.1. The maximum Gasteiger partial charge on any atom is 0.0547 e. The molecule has 0 saturated carbocycles. The Morgan fingerprint density at radius 1 is 0.262 bits per heavy atom. The fraction of sp³-hybridized carbons (Fsp3) is 0. The van der Waals surface area contributed by atoms with Gasteiger partial charge in [0.25, 0.3) is 0 Å². The van der Waals surface area contributed by atoms with Crippen molar-refractivity contribution in [1.29, 1.82) is 0 Å². The summed E-state index contributed by atoms with van der Waals surface area (Å²) in [4.78, 5) is 0. The van der Waals surface area contributed by atoms with E-state index in [-0.39, 0.29) is 0 Å². The average molecular weight is 824 g/mol. The minimum atomic E-state index is 1.16. The molecular weight excluding hydrogens is 783 g/mol. The highest BCUT2D eigenvalue weighted by atomic mass is 15.0.